The lowest BCUT2D eigenvalue weighted by Crippen LogP contribution is -2.12. The molecule has 0 atom stereocenters. The minimum Gasteiger partial charge on any atom is -0.456 e. The van der Waals surface area contributed by atoms with Crippen LogP contribution in [0.1, 0.15) is 0 Å². The summed E-state index contributed by atoms with van der Waals surface area (Å²) in [5.41, 5.74) is 16.7. The average molecular weight is 766 g/mol. The van der Waals surface area contributed by atoms with Gasteiger partial charge in [-0.15, -0.1) is 0 Å². The Bertz CT molecular complexity index is 3300. The molecule has 10 aromatic carbocycles. The van der Waals surface area contributed by atoms with Crippen molar-refractivity contribution >= 4 is 49.8 Å². The van der Waals surface area contributed by atoms with Crippen LogP contribution in [0.15, 0.2) is 241 Å². The van der Waals surface area contributed by atoms with Crippen LogP contribution in [-0.2, 0) is 0 Å². The molecular formula is C58H39NO. The predicted octanol–water partition coefficient (Wildman–Crippen LogP) is 16.5. The summed E-state index contributed by atoms with van der Waals surface area (Å²) in [5, 5.41) is 4.76. The van der Waals surface area contributed by atoms with Crippen molar-refractivity contribution in [1.29, 1.82) is 0 Å². The number of hydrogen-bond donors (Lipinski definition) is 0. The van der Waals surface area contributed by atoms with Crippen molar-refractivity contribution in [3.8, 4) is 55.6 Å². The third kappa shape index (κ3) is 6.41. The van der Waals surface area contributed by atoms with Crippen LogP contribution in [0, 0.1) is 0 Å². The first kappa shape index (κ1) is 35.2. The lowest BCUT2D eigenvalue weighted by atomic mass is 9.94. The van der Waals surface area contributed by atoms with Gasteiger partial charge in [0.2, 0.25) is 0 Å². The van der Waals surface area contributed by atoms with Crippen molar-refractivity contribution in [2.45, 2.75) is 0 Å². The summed E-state index contributed by atoms with van der Waals surface area (Å²) in [6.45, 7) is 0. The minimum absolute atomic E-state index is 0.895. The number of benzene rings is 10. The maximum atomic E-state index is 6.28. The van der Waals surface area contributed by atoms with Crippen molar-refractivity contribution in [2.24, 2.45) is 0 Å². The fourth-order valence-electron chi connectivity index (χ4n) is 8.75. The Labute approximate surface area is 349 Å². The fraction of sp³-hybridized carbons (Fsp3) is 0. The van der Waals surface area contributed by atoms with Crippen molar-refractivity contribution in [3.05, 3.63) is 237 Å². The van der Waals surface area contributed by atoms with Crippen LogP contribution in [-0.4, -0.2) is 0 Å². The summed E-state index contributed by atoms with van der Waals surface area (Å²) in [5.74, 6) is 0. The van der Waals surface area contributed by atoms with E-state index >= 15 is 0 Å². The van der Waals surface area contributed by atoms with Crippen LogP contribution >= 0.6 is 0 Å². The topological polar surface area (TPSA) is 16.4 Å². The zero-order chi connectivity index (χ0) is 39.8. The molecule has 0 saturated heterocycles. The third-order valence-corrected chi connectivity index (χ3v) is 11.7. The molecule has 0 fully saturated rings. The molecule has 0 radical (unpaired) electrons. The number of furan rings is 1. The molecule has 0 aliphatic carbocycles. The Kier molecular flexibility index (Phi) is 8.87. The zero-order valence-electron chi connectivity index (χ0n) is 32.9. The first-order chi connectivity index (χ1) is 29.7. The number of rotatable bonds is 8. The van der Waals surface area contributed by atoms with E-state index < -0.39 is 0 Å². The second-order valence-electron chi connectivity index (χ2n) is 15.3. The highest BCUT2D eigenvalue weighted by molar-refractivity contribution is 6.06. The number of nitrogens with zero attached hydrogens (tertiary/aromatic N) is 1. The highest BCUT2D eigenvalue weighted by atomic mass is 16.3. The Morgan fingerprint density at radius 3 is 1.53 bits per heavy atom. The van der Waals surface area contributed by atoms with Gasteiger partial charge in [-0.05, 0) is 104 Å². The van der Waals surface area contributed by atoms with Gasteiger partial charge in [-0.25, -0.2) is 0 Å². The summed E-state index contributed by atoms with van der Waals surface area (Å²) in [6, 6.07) is 85.0. The molecule has 1 heterocycles. The average Bonchev–Trinajstić information content (AvgIpc) is 3.70. The summed E-state index contributed by atoms with van der Waals surface area (Å²) in [7, 11) is 0. The van der Waals surface area contributed by atoms with E-state index in [4.69, 9.17) is 4.42 Å². The number of para-hydroxylation sites is 3. The van der Waals surface area contributed by atoms with Gasteiger partial charge >= 0.3 is 0 Å². The van der Waals surface area contributed by atoms with Gasteiger partial charge in [-0.2, -0.15) is 0 Å². The van der Waals surface area contributed by atoms with Gasteiger partial charge in [-0.3, -0.25) is 0 Å². The monoisotopic (exact) mass is 765 g/mol. The van der Waals surface area contributed by atoms with Crippen LogP contribution in [0.3, 0.4) is 0 Å². The van der Waals surface area contributed by atoms with E-state index in [0.717, 1.165) is 72.4 Å². The standard InChI is InChI=1S/C58H39NO/c1-2-14-40(15-3-1)41-28-30-44(31-29-41)51-21-6-9-25-55(51)59(48-35-32-42(33-36-48)45-34-37-54-53-23-8-11-27-57(53)60-58(54)39-45)56-26-10-7-22-52(56)47-19-12-18-46(38-47)50-24-13-17-43-16-4-5-20-49(43)50/h1-39H. The molecule has 0 N–H and O–H groups in total. The normalized spacial score (nSPS) is 11.3. The van der Waals surface area contributed by atoms with E-state index in [0.29, 0.717) is 0 Å². The van der Waals surface area contributed by atoms with E-state index in [-0.39, 0.29) is 0 Å². The van der Waals surface area contributed by atoms with E-state index in [9.17, 15) is 0 Å². The molecule has 11 aromatic rings. The van der Waals surface area contributed by atoms with Crippen molar-refractivity contribution in [2.75, 3.05) is 4.90 Å². The molecule has 0 aliphatic heterocycles. The molecule has 0 bridgehead atoms. The Balaban J connectivity index is 1.05. The van der Waals surface area contributed by atoms with Gasteiger partial charge in [0, 0.05) is 27.6 Å². The molecule has 0 unspecified atom stereocenters. The van der Waals surface area contributed by atoms with Crippen LogP contribution in [0.25, 0.3) is 88.3 Å². The highest BCUT2D eigenvalue weighted by Crippen LogP contribution is 2.46. The van der Waals surface area contributed by atoms with Crippen molar-refractivity contribution in [1.82, 2.24) is 0 Å². The maximum Gasteiger partial charge on any atom is 0.136 e. The van der Waals surface area contributed by atoms with E-state index in [1.807, 2.05) is 12.1 Å². The number of anilines is 3. The largest absolute Gasteiger partial charge is 0.456 e. The smallest absolute Gasteiger partial charge is 0.136 e. The summed E-state index contributed by atoms with van der Waals surface area (Å²) >= 11 is 0. The third-order valence-electron chi connectivity index (χ3n) is 11.7. The van der Waals surface area contributed by atoms with Gasteiger partial charge < -0.3 is 9.32 Å². The van der Waals surface area contributed by atoms with E-state index in [1.54, 1.807) is 0 Å². The van der Waals surface area contributed by atoms with Crippen LogP contribution in [0.4, 0.5) is 17.1 Å². The molecule has 0 spiro atoms. The van der Waals surface area contributed by atoms with Gasteiger partial charge in [-0.1, -0.05) is 188 Å². The SMILES string of the molecule is c1ccc(-c2ccc(-c3ccccc3N(c3ccc(-c4ccc5c(c4)oc4ccccc45)cc3)c3ccccc3-c3cccc(-c4cccc5ccccc45)c3)cc2)cc1. The lowest BCUT2D eigenvalue weighted by Gasteiger charge is -2.30. The Hall–Kier alpha value is -7.94. The zero-order valence-corrected chi connectivity index (χ0v) is 32.9. The quantitative estimate of drug-likeness (QED) is 0.153. The van der Waals surface area contributed by atoms with Gasteiger partial charge in [0.05, 0.1) is 11.4 Å². The molecule has 282 valence electrons. The summed E-state index contributed by atoms with van der Waals surface area (Å²) < 4.78 is 6.28. The van der Waals surface area contributed by atoms with Crippen LogP contribution < -0.4 is 4.90 Å². The number of fused-ring (bicyclic) bond motifs is 4. The second-order valence-corrected chi connectivity index (χ2v) is 15.3. The van der Waals surface area contributed by atoms with Crippen molar-refractivity contribution < 1.29 is 4.42 Å². The second kappa shape index (κ2) is 15.1. The molecule has 1 aromatic heterocycles. The lowest BCUT2D eigenvalue weighted by molar-refractivity contribution is 0.669. The molecule has 2 nitrogen and oxygen atoms in total. The minimum atomic E-state index is 0.895. The van der Waals surface area contributed by atoms with Gasteiger partial charge in [0.25, 0.3) is 0 Å². The summed E-state index contributed by atoms with van der Waals surface area (Å²) in [6.07, 6.45) is 0. The van der Waals surface area contributed by atoms with Gasteiger partial charge in [0.15, 0.2) is 0 Å². The maximum absolute atomic E-state index is 6.28. The van der Waals surface area contributed by atoms with E-state index in [1.165, 1.54) is 33.0 Å². The molecule has 2 heteroatoms. The van der Waals surface area contributed by atoms with E-state index in [2.05, 4.69) is 229 Å². The molecule has 0 saturated carbocycles. The predicted molar refractivity (Wildman–Crippen MR) is 253 cm³/mol. The molecule has 60 heavy (non-hydrogen) atoms. The fourth-order valence-corrected chi connectivity index (χ4v) is 8.75. The first-order valence-corrected chi connectivity index (χ1v) is 20.5. The Morgan fingerprint density at radius 2 is 0.750 bits per heavy atom. The number of hydrogen-bond acceptors (Lipinski definition) is 2. The Morgan fingerprint density at radius 1 is 0.267 bits per heavy atom. The van der Waals surface area contributed by atoms with Crippen LogP contribution in [0.2, 0.25) is 0 Å². The molecular weight excluding hydrogens is 727 g/mol. The van der Waals surface area contributed by atoms with Crippen LogP contribution in [0.5, 0.6) is 0 Å². The molecule has 0 aliphatic rings. The van der Waals surface area contributed by atoms with Crippen molar-refractivity contribution in [3.63, 3.8) is 0 Å². The molecule has 11 rings (SSSR count). The first-order valence-electron chi connectivity index (χ1n) is 20.5. The van der Waals surface area contributed by atoms with Gasteiger partial charge in [0.1, 0.15) is 11.2 Å². The highest BCUT2D eigenvalue weighted by Gasteiger charge is 2.21. The summed E-state index contributed by atoms with van der Waals surface area (Å²) in [4.78, 5) is 2.42. The molecule has 0 amide bonds.